The summed E-state index contributed by atoms with van der Waals surface area (Å²) in [5.74, 6) is 0.626. The van der Waals surface area contributed by atoms with Gasteiger partial charge in [0.1, 0.15) is 10.8 Å². The van der Waals surface area contributed by atoms with E-state index in [1.807, 2.05) is 18.2 Å². The number of ether oxygens (including phenoxy) is 2. The Balaban J connectivity index is 1.95. The zero-order chi connectivity index (χ0) is 16.7. The number of hydrogen-bond donors (Lipinski definition) is 0. The van der Waals surface area contributed by atoms with Gasteiger partial charge in [-0.05, 0) is 71.0 Å². The van der Waals surface area contributed by atoms with Crippen molar-refractivity contribution in [2.24, 2.45) is 0 Å². The molecule has 0 saturated heterocycles. The minimum atomic E-state index is -0.178. The third-order valence-electron chi connectivity index (χ3n) is 3.19. The molecule has 0 amide bonds. The Bertz CT molecular complexity index is 661. The van der Waals surface area contributed by atoms with E-state index in [0.717, 1.165) is 28.3 Å². The lowest BCUT2D eigenvalue weighted by atomic mass is 10.1. The quantitative estimate of drug-likeness (QED) is 0.491. The molecule has 0 radical (unpaired) electrons. The largest absolute Gasteiger partial charge is 0.494 e. The minimum absolute atomic E-state index is 0.178. The van der Waals surface area contributed by atoms with Crippen molar-refractivity contribution in [3.05, 3.63) is 28.5 Å². The van der Waals surface area contributed by atoms with E-state index in [9.17, 15) is 4.79 Å². The van der Waals surface area contributed by atoms with Gasteiger partial charge in [0.25, 0.3) is 0 Å². The molecular formula is C16H19BrN2O3S. The maximum atomic E-state index is 11.3. The molecule has 0 aliphatic heterocycles. The van der Waals surface area contributed by atoms with Gasteiger partial charge in [0.15, 0.2) is 0 Å². The number of aryl methyl sites for hydroxylation is 1. The zero-order valence-electron chi connectivity index (χ0n) is 13.2. The van der Waals surface area contributed by atoms with Gasteiger partial charge in [-0.15, -0.1) is 0 Å². The van der Waals surface area contributed by atoms with Gasteiger partial charge in [0, 0.05) is 12.0 Å². The molecule has 0 aliphatic carbocycles. The molecule has 1 aromatic carbocycles. The fourth-order valence-corrected chi connectivity index (χ4v) is 3.25. The van der Waals surface area contributed by atoms with Gasteiger partial charge < -0.3 is 9.47 Å². The number of hydrogen-bond acceptors (Lipinski definition) is 6. The van der Waals surface area contributed by atoms with Crippen molar-refractivity contribution >= 4 is 33.4 Å². The van der Waals surface area contributed by atoms with Gasteiger partial charge >= 0.3 is 5.97 Å². The van der Waals surface area contributed by atoms with Crippen LogP contribution >= 0.6 is 27.5 Å². The summed E-state index contributed by atoms with van der Waals surface area (Å²) >= 11 is 4.65. The third kappa shape index (κ3) is 5.28. The lowest BCUT2D eigenvalue weighted by Crippen LogP contribution is -2.06. The van der Waals surface area contributed by atoms with Crippen molar-refractivity contribution < 1.29 is 14.3 Å². The first kappa shape index (κ1) is 17.9. The number of benzene rings is 1. The molecule has 1 heterocycles. The first-order chi connectivity index (χ1) is 11.1. The van der Waals surface area contributed by atoms with Crippen molar-refractivity contribution in [2.75, 3.05) is 13.2 Å². The van der Waals surface area contributed by atoms with Crippen LogP contribution in [0.3, 0.4) is 0 Å². The number of nitrogens with zero attached hydrogens (tertiary/aromatic N) is 2. The number of carbonyl (C=O) groups is 1. The van der Waals surface area contributed by atoms with Crippen LogP contribution < -0.4 is 4.74 Å². The predicted molar refractivity (Wildman–Crippen MR) is 93.8 cm³/mol. The number of halogens is 1. The van der Waals surface area contributed by atoms with Gasteiger partial charge in [-0.1, -0.05) is 6.92 Å². The van der Waals surface area contributed by atoms with E-state index in [2.05, 4.69) is 32.2 Å². The van der Waals surface area contributed by atoms with Crippen molar-refractivity contribution in [1.82, 2.24) is 9.36 Å². The fourth-order valence-electron chi connectivity index (χ4n) is 2.12. The Hall–Kier alpha value is -1.47. The van der Waals surface area contributed by atoms with Gasteiger partial charge in [-0.25, -0.2) is 4.98 Å². The predicted octanol–water partition coefficient (Wildman–Crippen LogP) is 4.25. The number of aromatic nitrogens is 2. The van der Waals surface area contributed by atoms with Crippen LogP contribution in [0.1, 0.15) is 32.3 Å². The molecule has 0 spiro atoms. The number of esters is 1. The second-order valence-corrected chi connectivity index (χ2v) is 6.26. The van der Waals surface area contributed by atoms with Crippen molar-refractivity contribution in [3.8, 4) is 16.3 Å². The van der Waals surface area contributed by atoms with Crippen LogP contribution in [0, 0.1) is 0 Å². The molecule has 0 saturated carbocycles. The highest BCUT2D eigenvalue weighted by atomic mass is 79.9. The van der Waals surface area contributed by atoms with Gasteiger partial charge in [0.2, 0.25) is 4.73 Å². The average molecular weight is 399 g/mol. The normalized spacial score (nSPS) is 10.6. The molecule has 2 rings (SSSR count). The molecule has 0 unspecified atom stereocenters. The zero-order valence-corrected chi connectivity index (χ0v) is 15.6. The molecule has 0 atom stereocenters. The van der Waals surface area contributed by atoms with Crippen molar-refractivity contribution in [2.45, 2.75) is 33.1 Å². The van der Waals surface area contributed by atoms with Crippen LogP contribution in [-0.4, -0.2) is 28.5 Å². The smallest absolute Gasteiger partial charge is 0.305 e. The first-order valence-electron chi connectivity index (χ1n) is 7.55. The summed E-state index contributed by atoms with van der Waals surface area (Å²) in [4.78, 5) is 15.6. The molecule has 0 bridgehead atoms. The van der Waals surface area contributed by atoms with E-state index >= 15 is 0 Å². The van der Waals surface area contributed by atoms with Crippen molar-refractivity contribution in [3.63, 3.8) is 0 Å². The van der Waals surface area contributed by atoms with Gasteiger partial charge in [-0.2, -0.15) is 4.37 Å². The third-order valence-corrected chi connectivity index (χ3v) is 4.53. The Morgan fingerprint density at radius 2 is 2.17 bits per heavy atom. The summed E-state index contributed by atoms with van der Waals surface area (Å²) in [7, 11) is 0. The highest BCUT2D eigenvalue weighted by Crippen LogP contribution is 2.30. The van der Waals surface area contributed by atoms with Crippen LogP contribution in [0.2, 0.25) is 0 Å². The fraction of sp³-hybridized carbons (Fsp3) is 0.438. The summed E-state index contributed by atoms with van der Waals surface area (Å²) in [5.41, 5.74) is 2.24. The molecule has 7 heteroatoms. The lowest BCUT2D eigenvalue weighted by Gasteiger charge is -2.10. The van der Waals surface area contributed by atoms with E-state index < -0.39 is 0 Å². The van der Waals surface area contributed by atoms with E-state index in [1.54, 1.807) is 6.92 Å². The topological polar surface area (TPSA) is 61.3 Å². The summed E-state index contributed by atoms with van der Waals surface area (Å²) in [6.45, 7) is 4.81. The maximum absolute atomic E-state index is 11.3. The number of rotatable bonds is 8. The second kappa shape index (κ2) is 8.98. The Morgan fingerprint density at radius 3 is 2.83 bits per heavy atom. The van der Waals surface area contributed by atoms with Crippen LogP contribution in [0.15, 0.2) is 22.9 Å². The Kier molecular flexibility index (Phi) is 6.98. The van der Waals surface area contributed by atoms with E-state index in [4.69, 9.17) is 9.47 Å². The standard InChI is InChI=1S/C16H19BrN2O3S/c1-3-11-10-12(22-9-5-6-14(20)21-4-2)7-8-13(11)15-18-16(17)19-23-15/h7-8,10H,3-6,9H2,1-2H3. The van der Waals surface area contributed by atoms with Crippen LogP contribution in [0.4, 0.5) is 0 Å². The average Bonchev–Trinajstić information content (AvgIpc) is 2.98. The molecule has 23 heavy (non-hydrogen) atoms. The highest BCUT2D eigenvalue weighted by molar-refractivity contribution is 9.10. The molecule has 0 aliphatic rings. The minimum Gasteiger partial charge on any atom is -0.494 e. The van der Waals surface area contributed by atoms with Crippen LogP contribution in [-0.2, 0) is 16.0 Å². The lowest BCUT2D eigenvalue weighted by molar-refractivity contribution is -0.143. The number of carbonyl (C=O) groups excluding carboxylic acids is 1. The molecule has 0 N–H and O–H groups in total. The first-order valence-corrected chi connectivity index (χ1v) is 9.11. The summed E-state index contributed by atoms with van der Waals surface area (Å²) in [6.07, 6.45) is 1.91. The molecule has 0 fully saturated rings. The van der Waals surface area contributed by atoms with Crippen LogP contribution in [0.5, 0.6) is 5.75 Å². The second-order valence-electron chi connectivity index (χ2n) is 4.80. The van der Waals surface area contributed by atoms with Gasteiger partial charge in [0.05, 0.1) is 13.2 Å². The monoisotopic (exact) mass is 398 g/mol. The van der Waals surface area contributed by atoms with E-state index in [0.29, 0.717) is 30.8 Å². The maximum Gasteiger partial charge on any atom is 0.305 e. The summed E-state index contributed by atoms with van der Waals surface area (Å²) in [6, 6.07) is 5.95. The molecule has 1 aromatic heterocycles. The molecule has 124 valence electrons. The van der Waals surface area contributed by atoms with Crippen molar-refractivity contribution in [1.29, 1.82) is 0 Å². The molecular weight excluding hydrogens is 380 g/mol. The van der Waals surface area contributed by atoms with Gasteiger partial charge in [-0.3, -0.25) is 4.79 Å². The van der Waals surface area contributed by atoms with E-state index in [-0.39, 0.29) is 5.97 Å². The molecule has 2 aromatic rings. The Labute approximate surface area is 148 Å². The SMILES string of the molecule is CCOC(=O)CCCOc1ccc(-c2nc(Br)ns2)c(CC)c1. The highest BCUT2D eigenvalue weighted by Gasteiger charge is 2.10. The summed E-state index contributed by atoms with van der Waals surface area (Å²) in [5, 5.41) is 0.891. The summed E-state index contributed by atoms with van der Waals surface area (Å²) < 4.78 is 15.4. The van der Waals surface area contributed by atoms with Crippen LogP contribution in [0.25, 0.3) is 10.6 Å². The van der Waals surface area contributed by atoms with E-state index in [1.165, 1.54) is 11.5 Å². The molecule has 5 nitrogen and oxygen atoms in total. The Morgan fingerprint density at radius 1 is 1.35 bits per heavy atom.